The molecule has 15 nitrogen and oxygen atoms in total. The van der Waals surface area contributed by atoms with Crippen LogP contribution in [0.4, 0.5) is 4.79 Å². The monoisotopic (exact) mass is 697 g/mol. The highest BCUT2D eigenvalue weighted by Crippen LogP contribution is 2.40. The van der Waals surface area contributed by atoms with Crippen molar-refractivity contribution in [2.24, 2.45) is 23.5 Å². The Bertz CT molecular complexity index is 1180. The summed E-state index contributed by atoms with van der Waals surface area (Å²) in [7, 11) is 1.60. The first kappa shape index (κ1) is 39.3. The van der Waals surface area contributed by atoms with Crippen molar-refractivity contribution in [2.75, 3.05) is 26.7 Å². The van der Waals surface area contributed by atoms with E-state index in [-0.39, 0.29) is 43.9 Å². The first-order valence-corrected chi connectivity index (χ1v) is 17.2. The van der Waals surface area contributed by atoms with Gasteiger partial charge in [-0.25, -0.2) is 4.79 Å². The Kier molecular flexibility index (Phi) is 14.6. The lowest BCUT2D eigenvalue weighted by molar-refractivity contribution is -0.326. The van der Waals surface area contributed by atoms with E-state index in [1.807, 2.05) is 51.1 Å². The van der Waals surface area contributed by atoms with Crippen LogP contribution < -0.4 is 11.1 Å². The highest BCUT2D eigenvalue weighted by Gasteiger charge is 2.51. The second-order valence-corrected chi connectivity index (χ2v) is 13.7. The van der Waals surface area contributed by atoms with Crippen LogP contribution in [0.5, 0.6) is 0 Å². The number of hydrogen-bond acceptors (Lipinski definition) is 13. The first-order chi connectivity index (χ1) is 23.3. The van der Waals surface area contributed by atoms with Gasteiger partial charge in [0.1, 0.15) is 31.0 Å². The van der Waals surface area contributed by atoms with Crippen molar-refractivity contribution >= 4 is 12.0 Å². The number of carbonyl (C=O) groups excluding carboxylic acids is 2. The molecular formula is C34H55N3O12. The molecule has 1 aromatic carbocycles. The fourth-order valence-corrected chi connectivity index (χ4v) is 6.87. The molecule has 14 atom stereocenters. The van der Waals surface area contributed by atoms with Crippen molar-refractivity contribution in [3.8, 4) is 0 Å². The summed E-state index contributed by atoms with van der Waals surface area (Å²) < 4.78 is 29.6. The molecule has 2 aliphatic heterocycles. The number of likely N-dealkylation sites (N-methyl/N-ethyl adjacent to an activating group) is 1. The van der Waals surface area contributed by atoms with E-state index in [2.05, 4.69) is 5.32 Å². The van der Waals surface area contributed by atoms with E-state index >= 15 is 0 Å². The third-order valence-corrected chi connectivity index (χ3v) is 9.90. The highest BCUT2D eigenvalue weighted by molar-refractivity contribution is 5.76. The molecule has 0 radical (unpaired) electrons. The molecule has 15 heteroatoms. The Balaban J connectivity index is 1.42. The van der Waals surface area contributed by atoms with E-state index in [1.54, 1.807) is 7.05 Å². The van der Waals surface area contributed by atoms with Gasteiger partial charge in [-0.15, -0.1) is 0 Å². The number of ether oxygens (including phenoxy) is 5. The van der Waals surface area contributed by atoms with E-state index < -0.39 is 86.1 Å². The Morgan fingerprint density at radius 2 is 1.61 bits per heavy atom. The Morgan fingerprint density at radius 1 is 0.939 bits per heavy atom. The van der Waals surface area contributed by atoms with Gasteiger partial charge in [0.05, 0.1) is 37.1 Å². The Morgan fingerprint density at radius 3 is 2.29 bits per heavy atom. The molecule has 0 aromatic heterocycles. The van der Waals surface area contributed by atoms with Gasteiger partial charge in [0, 0.05) is 32.5 Å². The van der Waals surface area contributed by atoms with Crippen molar-refractivity contribution in [3.63, 3.8) is 0 Å². The van der Waals surface area contributed by atoms with Gasteiger partial charge in [0.25, 0.3) is 0 Å². The lowest BCUT2D eigenvalue weighted by Crippen LogP contribution is -2.65. The van der Waals surface area contributed by atoms with Crippen molar-refractivity contribution in [2.45, 2.75) is 121 Å². The van der Waals surface area contributed by atoms with Gasteiger partial charge in [-0.3, -0.25) is 4.79 Å². The number of alkyl carbamates (subject to hydrolysis) is 1. The second kappa shape index (κ2) is 18.2. The molecule has 3 fully saturated rings. The van der Waals surface area contributed by atoms with Crippen molar-refractivity contribution < 1.29 is 58.8 Å². The lowest BCUT2D eigenvalue weighted by atomic mass is 9.74. The number of nitrogens with one attached hydrogen (secondary N) is 1. The van der Waals surface area contributed by atoms with Crippen LogP contribution in [-0.2, 0) is 35.1 Å². The second-order valence-electron chi connectivity index (χ2n) is 13.7. The number of hydrogen-bond donors (Lipinski definition) is 7. The summed E-state index contributed by atoms with van der Waals surface area (Å²) in [5, 5.41) is 55.8. The van der Waals surface area contributed by atoms with Crippen LogP contribution in [0.2, 0.25) is 0 Å². The smallest absolute Gasteiger partial charge is 0.407 e. The van der Waals surface area contributed by atoms with Crippen LogP contribution in [-0.4, -0.2) is 137 Å². The minimum atomic E-state index is -1.50. The zero-order valence-corrected chi connectivity index (χ0v) is 28.7. The molecule has 2 heterocycles. The number of nitrogens with two attached hydrogens (primary N) is 1. The molecule has 0 bridgehead atoms. The number of nitrogens with zero attached hydrogens (tertiary/aromatic N) is 1. The fraction of sp³-hybridized carbons (Fsp3) is 0.765. The van der Waals surface area contributed by atoms with Crippen LogP contribution >= 0.6 is 0 Å². The van der Waals surface area contributed by atoms with Crippen molar-refractivity contribution in [1.29, 1.82) is 0 Å². The van der Waals surface area contributed by atoms with Gasteiger partial charge in [0.2, 0.25) is 5.91 Å². The molecule has 1 saturated carbocycles. The molecule has 1 unspecified atom stereocenters. The zero-order valence-electron chi connectivity index (χ0n) is 28.7. The van der Waals surface area contributed by atoms with E-state index in [1.165, 1.54) is 4.90 Å². The van der Waals surface area contributed by atoms with E-state index in [0.717, 1.165) is 5.56 Å². The first-order valence-electron chi connectivity index (χ1n) is 17.2. The van der Waals surface area contributed by atoms with E-state index in [4.69, 9.17) is 29.4 Å². The van der Waals surface area contributed by atoms with Crippen LogP contribution in [0.15, 0.2) is 30.3 Å². The minimum absolute atomic E-state index is 0.0465. The summed E-state index contributed by atoms with van der Waals surface area (Å²) in [4.78, 5) is 27.1. The number of carbonyl (C=O) groups is 2. The van der Waals surface area contributed by atoms with Gasteiger partial charge in [-0.1, -0.05) is 51.1 Å². The minimum Gasteiger partial charge on any atom is -0.445 e. The standard InChI is InChI=1S/C34H55N3O12/c1-5-23-22(39)14-19(3)32(46-23)48-30-18(2)13-21(31(29(30)43)49-33-28(42)26(35)27(41)24(16-38)47-33)15-25(40)37(4)12-11-36-34(44)45-17-20-9-7-6-8-10-20/h6-10,18-19,21-24,26-33,38-39,41-43H,5,11-17,35H2,1-4H3,(H,36,44)/t18-,19+,21-,22-,23+,24+,26-,27+,28+,29-,30?,31-,32+,33+/m0/s1. The number of aliphatic hydroxyl groups is 5. The number of benzene rings is 1. The van der Waals surface area contributed by atoms with Crippen LogP contribution in [0.1, 0.15) is 52.0 Å². The maximum absolute atomic E-state index is 13.5. The number of amides is 2. The van der Waals surface area contributed by atoms with Crippen LogP contribution in [0, 0.1) is 17.8 Å². The van der Waals surface area contributed by atoms with Gasteiger partial charge in [-0.2, -0.15) is 0 Å². The molecule has 0 spiro atoms. The van der Waals surface area contributed by atoms with Gasteiger partial charge >= 0.3 is 6.09 Å². The van der Waals surface area contributed by atoms with Gasteiger partial charge in [0.15, 0.2) is 12.6 Å². The van der Waals surface area contributed by atoms with Crippen LogP contribution in [0.3, 0.4) is 0 Å². The maximum atomic E-state index is 13.5. The summed E-state index contributed by atoms with van der Waals surface area (Å²) in [5.41, 5.74) is 6.87. The molecule has 2 amide bonds. The summed E-state index contributed by atoms with van der Waals surface area (Å²) in [6.45, 7) is 5.58. The molecule has 3 aliphatic rings. The zero-order chi connectivity index (χ0) is 35.8. The summed E-state index contributed by atoms with van der Waals surface area (Å²) in [6.07, 6.45) is -9.56. The summed E-state index contributed by atoms with van der Waals surface area (Å²) in [6, 6.07) is 8.05. The van der Waals surface area contributed by atoms with Gasteiger partial charge < -0.3 is 65.2 Å². The SMILES string of the molecule is CC[C@H]1O[C@H](OC2[C@@H](C)C[C@@H](CC(=O)N(C)CCNC(=O)OCc3ccccc3)[C@H](O[C@H]3O[C@H](CO)[C@@H](O)[C@H](N)[C@H]3O)[C@H]2O)[C@H](C)C[C@@H]1O. The predicted octanol–water partition coefficient (Wildman–Crippen LogP) is -0.163. The number of aliphatic hydroxyl groups excluding tert-OH is 5. The molecule has 2 saturated heterocycles. The molecule has 8 N–H and O–H groups in total. The molecule has 49 heavy (non-hydrogen) atoms. The Hall–Kier alpha value is -2.44. The third kappa shape index (κ3) is 10.1. The normalized spacial score (nSPS) is 38.1. The molecule has 1 aliphatic carbocycles. The maximum Gasteiger partial charge on any atom is 0.407 e. The molecule has 278 valence electrons. The summed E-state index contributed by atoms with van der Waals surface area (Å²) in [5.74, 6) is -1.26. The quantitative estimate of drug-likeness (QED) is 0.143. The number of rotatable bonds is 13. The topological polar surface area (TPSA) is 223 Å². The van der Waals surface area contributed by atoms with Crippen molar-refractivity contribution in [1.82, 2.24) is 10.2 Å². The van der Waals surface area contributed by atoms with E-state index in [0.29, 0.717) is 19.3 Å². The van der Waals surface area contributed by atoms with Crippen LogP contribution in [0.25, 0.3) is 0 Å². The largest absolute Gasteiger partial charge is 0.445 e. The highest BCUT2D eigenvalue weighted by atomic mass is 16.7. The molecular weight excluding hydrogens is 642 g/mol. The molecule has 1 aromatic rings. The predicted molar refractivity (Wildman–Crippen MR) is 174 cm³/mol. The average Bonchev–Trinajstić information content (AvgIpc) is 3.08. The summed E-state index contributed by atoms with van der Waals surface area (Å²) >= 11 is 0. The third-order valence-electron chi connectivity index (χ3n) is 9.90. The van der Waals surface area contributed by atoms with Gasteiger partial charge in [-0.05, 0) is 36.7 Å². The Labute approximate surface area is 287 Å². The molecule has 4 rings (SSSR count). The van der Waals surface area contributed by atoms with Crippen molar-refractivity contribution in [3.05, 3.63) is 35.9 Å². The fourth-order valence-electron chi connectivity index (χ4n) is 6.87. The average molecular weight is 698 g/mol. The van der Waals surface area contributed by atoms with E-state index in [9.17, 15) is 35.1 Å². The lowest BCUT2D eigenvalue weighted by Gasteiger charge is -2.49.